The average Bonchev–Trinajstić information content (AvgIpc) is 2.43. The van der Waals surface area contributed by atoms with E-state index in [1.54, 1.807) is 0 Å². The molecule has 0 spiro atoms. The van der Waals surface area contributed by atoms with Crippen LogP contribution in [0.15, 0.2) is 24.3 Å². The summed E-state index contributed by atoms with van der Waals surface area (Å²) < 4.78 is 5.71. The van der Waals surface area contributed by atoms with E-state index in [9.17, 15) is 9.90 Å². The lowest BCUT2D eigenvalue weighted by Gasteiger charge is -2.39. The van der Waals surface area contributed by atoms with E-state index >= 15 is 0 Å². The van der Waals surface area contributed by atoms with E-state index in [0.717, 1.165) is 30.6 Å². The van der Waals surface area contributed by atoms with E-state index in [0.29, 0.717) is 19.2 Å². The topological polar surface area (TPSA) is 49.8 Å². The van der Waals surface area contributed by atoms with Crippen LogP contribution in [0.1, 0.15) is 24.8 Å². The molecule has 1 atom stereocenters. The second kappa shape index (κ2) is 5.83. The number of benzene rings is 1. The number of aliphatic hydroxyl groups is 1. The Bertz CT molecular complexity index is 484. The molecule has 1 aromatic carbocycles. The van der Waals surface area contributed by atoms with Gasteiger partial charge in [0.25, 0.3) is 0 Å². The number of amides is 1. The Balaban J connectivity index is 1.70. The highest BCUT2D eigenvalue weighted by molar-refractivity contribution is 5.80. The van der Waals surface area contributed by atoms with Gasteiger partial charge in [0.1, 0.15) is 12.4 Å². The molecule has 1 N–H and O–H groups in total. The number of aliphatic hydroxyl groups excluding tert-OH is 1. The normalized spacial score (nSPS) is 21.6. The highest BCUT2D eigenvalue weighted by Crippen LogP contribution is 2.30. The van der Waals surface area contributed by atoms with E-state index < -0.39 is 0 Å². The zero-order valence-electron chi connectivity index (χ0n) is 11.6. The Morgan fingerprint density at radius 2 is 2.15 bits per heavy atom. The minimum atomic E-state index is -0.114. The zero-order valence-corrected chi connectivity index (χ0v) is 11.6. The predicted molar refractivity (Wildman–Crippen MR) is 75.6 cm³/mol. The fourth-order valence-electron chi connectivity index (χ4n) is 3.00. The Morgan fingerprint density at radius 1 is 1.35 bits per heavy atom. The van der Waals surface area contributed by atoms with Crippen LogP contribution in [-0.2, 0) is 11.2 Å². The minimum Gasteiger partial charge on any atom is -0.492 e. The zero-order chi connectivity index (χ0) is 13.9. The largest absolute Gasteiger partial charge is 0.492 e. The van der Waals surface area contributed by atoms with Gasteiger partial charge in [0, 0.05) is 12.6 Å². The maximum absolute atomic E-state index is 12.7. The fraction of sp³-hybridized carbons (Fsp3) is 0.562. The third-order valence-electron chi connectivity index (χ3n) is 4.37. The molecule has 0 saturated heterocycles. The third-order valence-corrected chi connectivity index (χ3v) is 4.37. The first kappa shape index (κ1) is 13.4. The Labute approximate surface area is 119 Å². The first-order valence-electron chi connectivity index (χ1n) is 7.41. The standard InChI is InChI=1S/C16H21NO3/c18-9-8-17(14-5-3-6-14)16(19)13-10-12-4-1-2-7-15(12)20-11-13/h1-2,4,7,13-14,18H,3,5-6,8-11H2. The second-order valence-corrected chi connectivity index (χ2v) is 5.66. The summed E-state index contributed by atoms with van der Waals surface area (Å²) in [6.07, 6.45) is 4.05. The summed E-state index contributed by atoms with van der Waals surface area (Å²) in [4.78, 5) is 14.5. The van der Waals surface area contributed by atoms with Crippen LogP contribution in [0.2, 0.25) is 0 Å². The molecule has 0 aromatic heterocycles. The van der Waals surface area contributed by atoms with Crippen LogP contribution in [0.25, 0.3) is 0 Å². The molecule has 2 aliphatic rings. The highest BCUT2D eigenvalue weighted by Gasteiger charge is 2.34. The molecule has 1 heterocycles. The van der Waals surface area contributed by atoms with Crippen LogP contribution in [0.3, 0.4) is 0 Å². The van der Waals surface area contributed by atoms with Crippen molar-refractivity contribution in [1.29, 1.82) is 0 Å². The van der Waals surface area contributed by atoms with Gasteiger partial charge in [0.05, 0.1) is 12.5 Å². The number of hydrogen-bond acceptors (Lipinski definition) is 3. The van der Waals surface area contributed by atoms with E-state index in [2.05, 4.69) is 0 Å². The SMILES string of the molecule is O=C(C1COc2ccccc2C1)N(CCO)C1CCC1. The monoisotopic (exact) mass is 275 g/mol. The summed E-state index contributed by atoms with van der Waals surface area (Å²) in [5, 5.41) is 9.19. The number of carbonyl (C=O) groups is 1. The lowest BCUT2D eigenvalue weighted by atomic mass is 9.89. The van der Waals surface area contributed by atoms with Crippen LogP contribution >= 0.6 is 0 Å². The molecule has 0 bridgehead atoms. The molecular formula is C16H21NO3. The predicted octanol–water partition coefficient (Wildman–Crippen LogP) is 1.61. The molecule has 1 aliphatic carbocycles. The molecule has 20 heavy (non-hydrogen) atoms. The van der Waals surface area contributed by atoms with Gasteiger partial charge in [-0.3, -0.25) is 4.79 Å². The summed E-state index contributed by atoms with van der Waals surface area (Å²) in [6, 6.07) is 8.23. The number of para-hydroxylation sites is 1. The minimum absolute atomic E-state index is 0.0341. The van der Waals surface area contributed by atoms with Crippen molar-refractivity contribution < 1.29 is 14.6 Å². The van der Waals surface area contributed by atoms with Crippen LogP contribution in [0.4, 0.5) is 0 Å². The smallest absolute Gasteiger partial charge is 0.229 e. The van der Waals surface area contributed by atoms with Crippen molar-refractivity contribution in [2.75, 3.05) is 19.8 Å². The lowest BCUT2D eigenvalue weighted by Crippen LogP contribution is -2.50. The average molecular weight is 275 g/mol. The van der Waals surface area contributed by atoms with Crippen molar-refractivity contribution in [3.05, 3.63) is 29.8 Å². The molecule has 0 radical (unpaired) electrons. The van der Waals surface area contributed by atoms with Gasteiger partial charge in [0.2, 0.25) is 5.91 Å². The molecule has 4 nitrogen and oxygen atoms in total. The number of fused-ring (bicyclic) bond motifs is 1. The van der Waals surface area contributed by atoms with Gasteiger partial charge < -0.3 is 14.7 Å². The molecule has 1 saturated carbocycles. The number of rotatable bonds is 4. The van der Waals surface area contributed by atoms with E-state index in [4.69, 9.17) is 4.74 Å². The van der Waals surface area contributed by atoms with Gasteiger partial charge in [0.15, 0.2) is 0 Å². The molecule has 3 rings (SSSR count). The summed E-state index contributed by atoms with van der Waals surface area (Å²) >= 11 is 0. The molecule has 1 fully saturated rings. The molecule has 1 aromatic rings. The molecule has 1 aliphatic heterocycles. The number of carbonyl (C=O) groups excluding carboxylic acids is 1. The fourth-order valence-corrected chi connectivity index (χ4v) is 3.00. The quantitative estimate of drug-likeness (QED) is 0.908. The highest BCUT2D eigenvalue weighted by atomic mass is 16.5. The Morgan fingerprint density at radius 3 is 2.85 bits per heavy atom. The second-order valence-electron chi connectivity index (χ2n) is 5.66. The maximum atomic E-state index is 12.7. The summed E-state index contributed by atoms with van der Waals surface area (Å²) in [6.45, 7) is 0.929. The van der Waals surface area contributed by atoms with E-state index in [-0.39, 0.29) is 18.4 Å². The lowest BCUT2D eigenvalue weighted by molar-refractivity contribution is -0.141. The number of ether oxygens (including phenoxy) is 1. The van der Waals surface area contributed by atoms with Crippen LogP contribution in [-0.4, -0.2) is 41.7 Å². The van der Waals surface area contributed by atoms with Gasteiger partial charge in [-0.25, -0.2) is 0 Å². The third kappa shape index (κ3) is 2.52. The van der Waals surface area contributed by atoms with Crippen molar-refractivity contribution in [2.24, 2.45) is 5.92 Å². The van der Waals surface area contributed by atoms with Crippen molar-refractivity contribution in [2.45, 2.75) is 31.7 Å². The van der Waals surface area contributed by atoms with Crippen molar-refractivity contribution in [3.63, 3.8) is 0 Å². The summed E-state index contributed by atoms with van der Waals surface area (Å²) in [7, 11) is 0. The maximum Gasteiger partial charge on any atom is 0.229 e. The van der Waals surface area contributed by atoms with Crippen molar-refractivity contribution in [1.82, 2.24) is 4.90 Å². The molecule has 1 unspecified atom stereocenters. The molecular weight excluding hydrogens is 254 g/mol. The number of nitrogens with zero attached hydrogens (tertiary/aromatic N) is 1. The van der Waals surface area contributed by atoms with Gasteiger partial charge in [-0.15, -0.1) is 0 Å². The summed E-state index contributed by atoms with van der Waals surface area (Å²) in [5.41, 5.74) is 1.11. The first-order chi connectivity index (χ1) is 9.79. The first-order valence-corrected chi connectivity index (χ1v) is 7.41. The van der Waals surface area contributed by atoms with Gasteiger partial charge >= 0.3 is 0 Å². The van der Waals surface area contributed by atoms with Crippen LogP contribution < -0.4 is 4.74 Å². The summed E-state index contributed by atoms with van der Waals surface area (Å²) in [5.74, 6) is 0.921. The van der Waals surface area contributed by atoms with E-state index in [1.807, 2.05) is 29.2 Å². The Kier molecular flexibility index (Phi) is 3.92. The van der Waals surface area contributed by atoms with Crippen LogP contribution in [0.5, 0.6) is 5.75 Å². The molecule has 108 valence electrons. The molecule has 4 heteroatoms. The van der Waals surface area contributed by atoms with Crippen LogP contribution in [0, 0.1) is 5.92 Å². The van der Waals surface area contributed by atoms with Crippen molar-refractivity contribution >= 4 is 5.91 Å². The number of hydrogen-bond donors (Lipinski definition) is 1. The Hall–Kier alpha value is -1.55. The van der Waals surface area contributed by atoms with E-state index in [1.165, 1.54) is 6.42 Å². The molecule has 1 amide bonds. The van der Waals surface area contributed by atoms with Gasteiger partial charge in [-0.1, -0.05) is 18.2 Å². The van der Waals surface area contributed by atoms with Crippen molar-refractivity contribution in [3.8, 4) is 5.75 Å². The van der Waals surface area contributed by atoms with Gasteiger partial charge in [-0.2, -0.15) is 0 Å². The van der Waals surface area contributed by atoms with Gasteiger partial charge in [-0.05, 0) is 37.3 Å².